The molecular weight excluding hydrogens is 231 g/mol. The molecule has 0 bridgehead atoms. The van der Waals surface area contributed by atoms with Gasteiger partial charge in [0.05, 0.1) is 19.4 Å². The molecule has 0 saturated carbocycles. The lowest BCUT2D eigenvalue weighted by Crippen LogP contribution is -1.98. The Morgan fingerprint density at radius 1 is 1.27 bits per heavy atom. The molecular formula is C10H21O3PS. The monoisotopic (exact) mass is 252 g/mol. The largest absolute Gasteiger partial charge is 0.334 e. The Morgan fingerprint density at radius 2 is 1.80 bits per heavy atom. The summed E-state index contributed by atoms with van der Waals surface area (Å²) < 4.78 is 22.4. The zero-order valence-corrected chi connectivity index (χ0v) is 11.7. The van der Waals surface area contributed by atoms with Gasteiger partial charge in [0.1, 0.15) is 0 Å². The van der Waals surface area contributed by atoms with Gasteiger partial charge in [0.2, 0.25) is 0 Å². The van der Waals surface area contributed by atoms with Crippen LogP contribution in [0, 0.1) is 0 Å². The van der Waals surface area contributed by atoms with Crippen LogP contribution in [0.3, 0.4) is 0 Å². The van der Waals surface area contributed by atoms with E-state index in [1.165, 1.54) is 0 Å². The zero-order chi connectivity index (χ0) is 11.7. The van der Waals surface area contributed by atoms with E-state index in [0.717, 1.165) is 10.7 Å². The first-order valence-corrected chi connectivity index (χ1v) is 7.97. The summed E-state index contributed by atoms with van der Waals surface area (Å²) in [4.78, 5) is 1.16. The van der Waals surface area contributed by atoms with Crippen LogP contribution in [0.2, 0.25) is 0 Å². The molecule has 0 spiro atoms. The molecule has 0 N–H and O–H groups in total. The molecule has 0 aliphatic carbocycles. The molecule has 0 unspecified atom stereocenters. The van der Waals surface area contributed by atoms with Crippen molar-refractivity contribution >= 4 is 19.4 Å². The fourth-order valence-corrected chi connectivity index (χ4v) is 3.41. The van der Waals surface area contributed by atoms with Crippen LogP contribution in [-0.2, 0) is 13.6 Å². The molecule has 90 valence electrons. The lowest BCUT2D eigenvalue weighted by atomic mass is 10.6. The molecule has 3 nitrogen and oxygen atoms in total. The second-order valence-electron chi connectivity index (χ2n) is 2.88. The minimum absolute atomic E-state index is 0.369. The first-order valence-electron chi connectivity index (χ1n) is 5.25. The van der Waals surface area contributed by atoms with E-state index in [4.69, 9.17) is 9.05 Å². The molecule has 0 saturated heterocycles. The van der Waals surface area contributed by atoms with Crippen LogP contribution in [-0.4, -0.2) is 25.1 Å². The van der Waals surface area contributed by atoms with E-state index < -0.39 is 7.60 Å². The van der Waals surface area contributed by atoms with E-state index in [-0.39, 0.29) is 0 Å². The third-order valence-corrected chi connectivity index (χ3v) is 4.47. The molecule has 0 fully saturated rings. The molecule has 15 heavy (non-hydrogen) atoms. The van der Waals surface area contributed by atoms with Crippen molar-refractivity contribution in [1.29, 1.82) is 0 Å². The molecule has 0 rings (SSSR count). The van der Waals surface area contributed by atoms with Gasteiger partial charge < -0.3 is 9.05 Å². The van der Waals surface area contributed by atoms with Gasteiger partial charge in [-0.25, -0.2) is 0 Å². The minimum atomic E-state index is -2.89. The predicted molar refractivity (Wildman–Crippen MR) is 67.6 cm³/mol. The van der Waals surface area contributed by atoms with Gasteiger partial charge in [0.15, 0.2) is 0 Å². The Hall–Kier alpha value is 0.240. The smallest absolute Gasteiger partial charge is 0.309 e. The first kappa shape index (κ1) is 15.2. The summed E-state index contributed by atoms with van der Waals surface area (Å²) >= 11 is 1.74. The molecule has 0 aliphatic heterocycles. The maximum atomic E-state index is 12.0. The molecule has 0 radical (unpaired) electrons. The van der Waals surface area contributed by atoms with E-state index in [1.807, 2.05) is 26.8 Å². The predicted octanol–water partition coefficient (Wildman–Crippen LogP) is 3.91. The van der Waals surface area contributed by atoms with Crippen LogP contribution >= 0.6 is 19.4 Å². The molecule has 0 amide bonds. The maximum absolute atomic E-state index is 12.0. The highest BCUT2D eigenvalue weighted by Crippen LogP contribution is 2.48. The number of hydrogen-bond donors (Lipinski definition) is 0. The Balaban J connectivity index is 4.28. The number of rotatable bonds is 8. The van der Waals surface area contributed by atoms with Crippen LogP contribution < -0.4 is 0 Å². The van der Waals surface area contributed by atoms with E-state index in [9.17, 15) is 4.57 Å². The number of thioether (sulfide) groups is 1. The highest BCUT2D eigenvalue weighted by atomic mass is 32.2. The van der Waals surface area contributed by atoms with Crippen LogP contribution in [0.25, 0.3) is 0 Å². The van der Waals surface area contributed by atoms with Crippen molar-refractivity contribution in [3.05, 3.63) is 11.0 Å². The quantitative estimate of drug-likeness (QED) is 0.613. The van der Waals surface area contributed by atoms with Crippen molar-refractivity contribution in [2.75, 3.05) is 25.1 Å². The second-order valence-corrected chi connectivity index (χ2v) is 6.49. The van der Waals surface area contributed by atoms with E-state index in [1.54, 1.807) is 11.8 Å². The minimum Gasteiger partial charge on any atom is -0.309 e. The van der Waals surface area contributed by atoms with Gasteiger partial charge in [-0.3, -0.25) is 4.57 Å². The van der Waals surface area contributed by atoms with Gasteiger partial charge in [-0.1, -0.05) is 13.0 Å². The molecule has 0 atom stereocenters. The molecule has 5 heteroatoms. The first-order chi connectivity index (χ1) is 7.08. The van der Waals surface area contributed by atoms with Crippen molar-refractivity contribution in [2.45, 2.75) is 27.7 Å². The normalized spacial score (nSPS) is 13.2. The zero-order valence-electron chi connectivity index (χ0n) is 9.99. The second kappa shape index (κ2) is 8.40. The Bertz CT molecular complexity index is 231. The van der Waals surface area contributed by atoms with Crippen molar-refractivity contribution in [3.63, 3.8) is 0 Å². The van der Waals surface area contributed by atoms with Crippen LogP contribution in [0.1, 0.15) is 27.7 Å². The number of hydrogen-bond acceptors (Lipinski definition) is 4. The molecule has 0 aromatic rings. The molecule has 0 aromatic heterocycles. The third-order valence-electron chi connectivity index (χ3n) is 1.63. The van der Waals surface area contributed by atoms with Gasteiger partial charge in [-0.2, -0.15) is 0 Å². The molecule has 0 aliphatic rings. The Kier molecular flexibility index (Phi) is 8.53. The van der Waals surface area contributed by atoms with Gasteiger partial charge in [-0.15, -0.1) is 11.8 Å². The molecule has 0 aromatic carbocycles. The number of allylic oxidation sites excluding steroid dienone is 2. The highest BCUT2D eigenvalue weighted by molar-refractivity contribution is 8.03. The standard InChI is InChI=1S/C10H21O3PS/c1-5-12-14(11,13-6-2)9-8-10(4)15-7-3/h8H,5-7,9H2,1-4H3/b10-8-. The summed E-state index contributed by atoms with van der Waals surface area (Å²) in [5.74, 6) is 1.02. The van der Waals surface area contributed by atoms with E-state index >= 15 is 0 Å². The Morgan fingerprint density at radius 3 is 2.20 bits per heavy atom. The fourth-order valence-electron chi connectivity index (χ4n) is 1.06. The molecule has 0 heterocycles. The van der Waals surface area contributed by atoms with Crippen LogP contribution in [0.5, 0.6) is 0 Å². The van der Waals surface area contributed by atoms with Crippen LogP contribution in [0.15, 0.2) is 11.0 Å². The SMILES string of the molecule is CCOP(=O)(C/C=C(/C)SCC)OCC. The van der Waals surface area contributed by atoms with Crippen LogP contribution in [0.4, 0.5) is 0 Å². The summed E-state index contributed by atoms with van der Waals surface area (Å²) in [6.07, 6.45) is 2.30. The summed E-state index contributed by atoms with van der Waals surface area (Å²) in [6, 6.07) is 0. The van der Waals surface area contributed by atoms with E-state index in [2.05, 4.69) is 6.92 Å². The van der Waals surface area contributed by atoms with Gasteiger partial charge in [0, 0.05) is 0 Å². The topological polar surface area (TPSA) is 35.5 Å². The van der Waals surface area contributed by atoms with Gasteiger partial charge in [0.25, 0.3) is 0 Å². The van der Waals surface area contributed by atoms with Gasteiger partial charge in [-0.05, 0) is 31.4 Å². The van der Waals surface area contributed by atoms with Gasteiger partial charge >= 0.3 is 7.60 Å². The summed E-state index contributed by atoms with van der Waals surface area (Å²) in [5, 5.41) is 0. The van der Waals surface area contributed by atoms with Crippen molar-refractivity contribution < 1.29 is 13.6 Å². The Labute approximate surface area is 97.1 Å². The van der Waals surface area contributed by atoms with E-state index in [0.29, 0.717) is 19.4 Å². The lowest BCUT2D eigenvalue weighted by Gasteiger charge is -2.15. The third kappa shape index (κ3) is 7.18. The lowest BCUT2D eigenvalue weighted by molar-refractivity contribution is 0.222. The van der Waals surface area contributed by atoms with Crippen molar-refractivity contribution in [2.24, 2.45) is 0 Å². The average molecular weight is 252 g/mol. The summed E-state index contributed by atoms with van der Waals surface area (Å²) in [7, 11) is -2.89. The summed E-state index contributed by atoms with van der Waals surface area (Å²) in [5.41, 5.74) is 0. The van der Waals surface area contributed by atoms with Crippen molar-refractivity contribution in [1.82, 2.24) is 0 Å². The average Bonchev–Trinajstić information content (AvgIpc) is 2.16. The fraction of sp³-hybridized carbons (Fsp3) is 0.800. The van der Waals surface area contributed by atoms with Crippen molar-refractivity contribution in [3.8, 4) is 0 Å². The highest BCUT2D eigenvalue weighted by Gasteiger charge is 2.21. The summed E-state index contributed by atoms with van der Waals surface area (Å²) in [6.45, 7) is 8.59. The maximum Gasteiger partial charge on any atom is 0.334 e.